The molecule has 2 aromatic carbocycles. The Bertz CT molecular complexity index is 827. The average Bonchev–Trinajstić information content (AvgIpc) is 2.66. The number of fused-ring (bicyclic) bond motifs is 1. The van der Waals surface area contributed by atoms with E-state index in [-0.39, 0.29) is 5.91 Å². The number of carbonyl (C=O) groups excluding carboxylic acids is 2. The Kier molecular flexibility index (Phi) is 6.02. The van der Waals surface area contributed by atoms with Crippen LogP contribution in [0.2, 0.25) is 0 Å². The summed E-state index contributed by atoms with van der Waals surface area (Å²) in [5, 5.41) is 2.79. The summed E-state index contributed by atoms with van der Waals surface area (Å²) in [7, 11) is 0. The maximum absolute atomic E-state index is 13.3. The van der Waals surface area contributed by atoms with Crippen molar-refractivity contribution >= 4 is 12.0 Å². The highest BCUT2D eigenvalue weighted by molar-refractivity contribution is 5.86. The largest absolute Gasteiger partial charge is 0.444 e. The van der Waals surface area contributed by atoms with Crippen molar-refractivity contribution in [1.29, 1.82) is 0 Å². The van der Waals surface area contributed by atoms with E-state index in [0.29, 0.717) is 19.5 Å². The fourth-order valence-electron chi connectivity index (χ4n) is 3.40. The van der Waals surface area contributed by atoms with Gasteiger partial charge in [-0.25, -0.2) is 4.79 Å². The van der Waals surface area contributed by atoms with E-state index in [0.717, 1.165) is 17.5 Å². The summed E-state index contributed by atoms with van der Waals surface area (Å²) >= 11 is 0. The molecular formula is C23H28N2O3. The third-order valence-corrected chi connectivity index (χ3v) is 4.71. The van der Waals surface area contributed by atoms with Gasteiger partial charge in [-0.2, -0.15) is 0 Å². The quantitative estimate of drug-likeness (QED) is 0.880. The first-order valence-electron chi connectivity index (χ1n) is 9.71. The van der Waals surface area contributed by atoms with Crippen LogP contribution >= 0.6 is 0 Å². The number of carbonyl (C=O) groups is 2. The van der Waals surface area contributed by atoms with Gasteiger partial charge in [-0.3, -0.25) is 4.79 Å². The zero-order valence-corrected chi connectivity index (χ0v) is 16.8. The topological polar surface area (TPSA) is 58.6 Å². The summed E-state index contributed by atoms with van der Waals surface area (Å²) in [5.74, 6) is -0.0794. The van der Waals surface area contributed by atoms with E-state index in [4.69, 9.17) is 4.74 Å². The first-order valence-corrected chi connectivity index (χ1v) is 9.71. The molecule has 1 aliphatic rings. The number of nitrogens with zero attached hydrogens (tertiary/aromatic N) is 1. The molecule has 3 rings (SSSR count). The minimum atomic E-state index is -0.664. The van der Waals surface area contributed by atoms with Crippen molar-refractivity contribution in [3.8, 4) is 0 Å². The molecule has 0 saturated carbocycles. The molecule has 0 radical (unpaired) electrons. The molecule has 1 aliphatic heterocycles. The summed E-state index contributed by atoms with van der Waals surface area (Å²) in [4.78, 5) is 27.4. The van der Waals surface area contributed by atoms with Crippen LogP contribution in [0.15, 0.2) is 54.6 Å². The van der Waals surface area contributed by atoms with Crippen LogP contribution in [0, 0.1) is 0 Å². The lowest BCUT2D eigenvalue weighted by molar-refractivity contribution is -0.134. The SMILES string of the molecule is CC(C)(C)OC(=O)NC(Cc1ccccc1)C(=O)N1CCc2ccccc2C1. The number of hydrogen-bond acceptors (Lipinski definition) is 3. The average molecular weight is 380 g/mol. The smallest absolute Gasteiger partial charge is 0.408 e. The molecule has 0 spiro atoms. The second-order valence-electron chi connectivity index (χ2n) is 8.17. The van der Waals surface area contributed by atoms with Crippen LogP contribution in [-0.2, 0) is 28.9 Å². The molecule has 1 atom stereocenters. The Morgan fingerprint density at radius 2 is 1.68 bits per heavy atom. The van der Waals surface area contributed by atoms with Gasteiger partial charge in [0.1, 0.15) is 11.6 Å². The molecular weight excluding hydrogens is 352 g/mol. The Hall–Kier alpha value is -2.82. The van der Waals surface area contributed by atoms with Gasteiger partial charge in [0.25, 0.3) is 0 Å². The molecule has 2 aromatic rings. The molecule has 1 unspecified atom stereocenters. The molecule has 28 heavy (non-hydrogen) atoms. The third kappa shape index (κ3) is 5.35. The Balaban J connectivity index is 1.75. The maximum Gasteiger partial charge on any atom is 0.408 e. The van der Waals surface area contributed by atoms with Crippen molar-refractivity contribution in [2.45, 2.75) is 51.8 Å². The van der Waals surface area contributed by atoms with E-state index in [1.165, 1.54) is 5.56 Å². The van der Waals surface area contributed by atoms with Gasteiger partial charge >= 0.3 is 6.09 Å². The first kappa shape index (κ1) is 19.9. The summed E-state index contributed by atoms with van der Waals surface area (Å²) in [6.07, 6.45) is 0.683. The van der Waals surface area contributed by atoms with E-state index < -0.39 is 17.7 Å². The van der Waals surface area contributed by atoms with Crippen LogP contribution in [0.4, 0.5) is 4.79 Å². The maximum atomic E-state index is 13.3. The standard InChI is InChI=1S/C23H28N2O3/c1-23(2,3)28-22(27)24-20(15-17-9-5-4-6-10-17)21(26)25-14-13-18-11-7-8-12-19(18)16-25/h4-12,20H,13-16H2,1-3H3,(H,24,27). The minimum absolute atomic E-state index is 0.0794. The molecule has 1 N–H and O–H groups in total. The third-order valence-electron chi connectivity index (χ3n) is 4.71. The van der Waals surface area contributed by atoms with Crippen LogP contribution in [0.1, 0.15) is 37.5 Å². The second kappa shape index (κ2) is 8.46. The number of nitrogens with one attached hydrogen (secondary N) is 1. The van der Waals surface area contributed by atoms with Crippen molar-refractivity contribution in [2.75, 3.05) is 6.54 Å². The van der Waals surface area contributed by atoms with E-state index in [1.54, 1.807) is 0 Å². The first-order chi connectivity index (χ1) is 13.3. The van der Waals surface area contributed by atoms with Gasteiger partial charge < -0.3 is 15.0 Å². The highest BCUT2D eigenvalue weighted by Gasteiger charge is 2.30. The fourth-order valence-corrected chi connectivity index (χ4v) is 3.40. The Labute approximate surface area is 166 Å². The lowest BCUT2D eigenvalue weighted by Crippen LogP contribution is -2.51. The molecule has 5 heteroatoms. The van der Waals surface area contributed by atoms with Crippen LogP contribution in [-0.4, -0.2) is 35.1 Å². The van der Waals surface area contributed by atoms with Gasteiger partial charge in [0, 0.05) is 19.5 Å². The number of amides is 2. The summed E-state index contributed by atoms with van der Waals surface area (Å²) in [6, 6.07) is 17.2. The number of rotatable bonds is 4. The van der Waals surface area contributed by atoms with Crippen molar-refractivity contribution in [1.82, 2.24) is 10.2 Å². The predicted octanol–water partition coefficient (Wildman–Crippen LogP) is 3.71. The van der Waals surface area contributed by atoms with Crippen molar-refractivity contribution in [3.05, 3.63) is 71.3 Å². The second-order valence-corrected chi connectivity index (χ2v) is 8.17. The van der Waals surface area contributed by atoms with Crippen molar-refractivity contribution in [3.63, 3.8) is 0 Å². The van der Waals surface area contributed by atoms with Gasteiger partial charge in [0.2, 0.25) is 5.91 Å². The van der Waals surface area contributed by atoms with E-state index in [2.05, 4.69) is 17.4 Å². The zero-order chi connectivity index (χ0) is 20.1. The number of alkyl carbamates (subject to hydrolysis) is 1. The molecule has 0 aromatic heterocycles. The molecule has 0 fully saturated rings. The fraction of sp³-hybridized carbons (Fsp3) is 0.391. The molecule has 1 heterocycles. The molecule has 2 amide bonds. The van der Waals surface area contributed by atoms with Crippen LogP contribution in [0.3, 0.4) is 0 Å². The predicted molar refractivity (Wildman–Crippen MR) is 109 cm³/mol. The van der Waals surface area contributed by atoms with E-state index >= 15 is 0 Å². The monoisotopic (exact) mass is 380 g/mol. The van der Waals surface area contributed by atoms with Crippen LogP contribution in [0.25, 0.3) is 0 Å². The van der Waals surface area contributed by atoms with Gasteiger partial charge in [-0.1, -0.05) is 54.6 Å². The normalized spacial score (nSPS) is 14.8. The molecule has 0 aliphatic carbocycles. The molecule has 0 saturated heterocycles. The number of hydrogen-bond donors (Lipinski definition) is 1. The van der Waals surface area contributed by atoms with Crippen molar-refractivity contribution in [2.24, 2.45) is 0 Å². The number of ether oxygens (including phenoxy) is 1. The Morgan fingerprint density at radius 3 is 2.36 bits per heavy atom. The summed E-state index contributed by atoms with van der Waals surface area (Å²) in [5.41, 5.74) is 2.83. The molecule has 0 bridgehead atoms. The Morgan fingerprint density at radius 1 is 1.04 bits per heavy atom. The lowest BCUT2D eigenvalue weighted by Gasteiger charge is -2.32. The minimum Gasteiger partial charge on any atom is -0.444 e. The summed E-state index contributed by atoms with van der Waals surface area (Å²) < 4.78 is 5.38. The summed E-state index contributed by atoms with van der Waals surface area (Å²) in [6.45, 7) is 6.64. The van der Waals surface area contributed by atoms with Gasteiger partial charge in [0.05, 0.1) is 0 Å². The van der Waals surface area contributed by atoms with E-state index in [1.807, 2.05) is 68.1 Å². The van der Waals surface area contributed by atoms with Gasteiger partial charge in [0.15, 0.2) is 0 Å². The number of benzene rings is 2. The lowest BCUT2D eigenvalue weighted by atomic mass is 9.98. The van der Waals surface area contributed by atoms with Crippen molar-refractivity contribution < 1.29 is 14.3 Å². The van der Waals surface area contributed by atoms with Gasteiger partial charge in [-0.15, -0.1) is 0 Å². The van der Waals surface area contributed by atoms with E-state index in [9.17, 15) is 9.59 Å². The molecule has 5 nitrogen and oxygen atoms in total. The molecule has 148 valence electrons. The highest BCUT2D eigenvalue weighted by atomic mass is 16.6. The van der Waals surface area contributed by atoms with Gasteiger partial charge in [-0.05, 0) is 43.9 Å². The van der Waals surface area contributed by atoms with Crippen LogP contribution in [0.5, 0.6) is 0 Å². The zero-order valence-electron chi connectivity index (χ0n) is 16.8. The van der Waals surface area contributed by atoms with Crippen LogP contribution < -0.4 is 5.32 Å². The highest BCUT2D eigenvalue weighted by Crippen LogP contribution is 2.20.